The number of carbonyl (C=O) groups excluding carboxylic acids is 1. The van der Waals surface area contributed by atoms with Gasteiger partial charge < -0.3 is 0 Å². The molecule has 5 heteroatoms. The SMILES string of the molecule is [2H]C([2H])([2H])OOC(=O)C(C)c1ccncn1. The number of nitrogens with zero attached hydrogens (tertiary/aromatic N) is 2. The Hall–Kier alpha value is -1.49. The molecule has 1 aromatic heterocycles. The zero-order valence-corrected chi connectivity index (χ0v) is 6.93. The maximum atomic E-state index is 11.3. The molecular weight excluding hydrogens is 172 g/mol. The largest absolute Gasteiger partial charge is 0.351 e. The number of hydrogen-bond donors (Lipinski definition) is 0. The van der Waals surface area contributed by atoms with Gasteiger partial charge in [-0.3, -0.25) is 4.89 Å². The summed E-state index contributed by atoms with van der Waals surface area (Å²) in [4.78, 5) is 27.0. The summed E-state index contributed by atoms with van der Waals surface area (Å²) in [6, 6.07) is 1.53. The molecule has 70 valence electrons. The molecule has 5 nitrogen and oxygen atoms in total. The first kappa shape index (κ1) is 6.04. The van der Waals surface area contributed by atoms with Crippen molar-refractivity contribution < 1.29 is 18.7 Å². The molecule has 0 aliphatic carbocycles. The molecule has 1 unspecified atom stereocenters. The van der Waals surface area contributed by atoms with Crippen LogP contribution in [-0.2, 0) is 14.6 Å². The first-order chi connectivity index (χ1) is 7.40. The van der Waals surface area contributed by atoms with Crippen LogP contribution in [0.1, 0.15) is 22.6 Å². The Balaban J connectivity index is 2.55. The molecule has 1 rings (SSSR count). The van der Waals surface area contributed by atoms with Crippen molar-refractivity contribution in [1.29, 1.82) is 0 Å². The highest BCUT2D eigenvalue weighted by Crippen LogP contribution is 2.12. The molecule has 0 saturated heterocycles. The van der Waals surface area contributed by atoms with E-state index in [4.69, 9.17) is 4.11 Å². The summed E-state index contributed by atoms with van der Waals surface area (Å²) in [5.41, 5.74) is 0.425. The van der Waals surface area contributed by atoms with Gasteiger partial charge in [0.2, 0.25) is 0 Å². The van der Waals surface area contributed by atoms with Crippen LogP contribution in [0.25, 0.3) is 0 Å². The van der Waals surface area contributed by atoms with Gasteiger partial charge in [-0.1, -0.05) is 0 Å². The van der Waals surface area contributed by atoms with Crippen molar-refractivity contribution in [2.45, 2.75) is 12.8 Å². The Bertz CT molecular complexity index is 355. The maximum absolute atomic E-state index is 11.3. The smallest absolute Gasteiger partial charge is 0.298 e. The van der Waals surface area contributed by atoms with E-state index in [-0.39, 0.29) is 0 Å². The van der Waals surface area contributed by atoms with E-state index in [2.05, 4.69) is 19.7 Å². The molecule has 1 aromatic rings. The molecule has 13 heavy (non-hydrogen) atoms. The summed E-state index contributed by atoms with van der Waals surface area (Å²) in [7, 11) is -2.76. The van der Waals surface area contributed by atoms with Gasteiger partial charge in [0.05, 0.1) is 22.8 Å². The lowest BCUT2D eigenvalue weighted by Crippen LogP contribution is -2.13. The zero-order valence-electron chi connectivity index (χ0n) is 9.93. The van der Waals surface area contributed by atoms with E-state index in [9.17, 15) is 4.79 Å². The maximum Gasteiger partial charge on any atom is 0.351 e. The lowest BCUT2D eigenvalue weighted by Gasteiger charge is -2.06. The Labute approximate surface area is 79.9 Å². The second-order valence-electron chi connectivity index (χ2n) is 2.34. The second-order valence-corrected chi connectivity index (χ2v) is 2.34. The number of carbonyl (C=O) groups is 1. The van der Waals surface area contributed by atoms with Crippen LogP contribution < -0.4 is 0 Å². The molecule has 0 aromatic carbocycles. The number of rotatable bonds is 3. The Morgan fingerprint density at radius 3 is 3.23 bits per heavy atom. The number of hydrogen-bond acceptors (Lipinski definition) is 5. The van der Waals surface area contributed by atoms with Gasteiger partial charge in [-0.15, -0.1) is 0 Å². The molecule has 0 aliphatic heterocycles. The first-order valence-electron chi connectivity index (χ1n) is 5.05. The lowest BCUT2D eigenvalue weighted by molar-refractivity contribution is -0.256. The third-order valence-electron chi connectivity index (χ3n) is 1.53. The fourth-order valence-corrected chi connectivity index (χ4v) is 0.791. The van der Waals surface area contributed by atoms with Gasteiger partial charge in [0, 0.05) is 6.20 Å². The molecule has 0 fully saturated rings. The molecule has 1 atom stereocenters. The molecule has 0 N–H and O–H groups in total. The highest BCUT2D eigenvalue weighted by molar-refractivity contribution is 5.76. The van der Waals surface area contributed by atoms with Gasteiger partial charge in [-0.2, -0.15) is 4.89 Å². The van der Waals surface area contributed by atoms with Gasteiger partial charge in [0.1, 0.15) is 6.33 Å². The zero-order chi connectivity index (χ0) is 12.2. The van der Waals surface area contributed by atoms with Crippen molar-refractivity contribution in [3.05, 3.63) is 24.3 Å². The van der Waals surface area contributed by atoms with Crippen LogP contribution >= 0.6 is 0 Å². The topological polar surface area (TPSA) is 61.3 Å². The molecule has 0 aliphatic rings. The molecule has 0 saturated carbocycles. The van der Waals surface area contributed by atoms with E-state index in [0.717, 1.165) is 0 Å². The summed E-state index contributed by atoms with van der Waals surface area (Å²) in [6.45, 7) is 1.52. The average molecular weight is 185 g/mol. The van der Waals surface area contributed by atoms with E-state index in [1.807, 2.05) is 0 Å². The lowest BCUT2D eigenvalue weighted by atomic mass is 10.1. The van der Waals surface area contributed by atoms with Crippen LogP contribution in [0.5, 0.6) is 0 Å². The molecule has 0 amide bonds. The van der Waals surface area contributed by atoms with Crippen molar-refractivity contribution in [2.24, 2.45) is 0 Å². The quantitative estimate of drug-likeness (QED) is 0.512. The second kappa shape index (κ2) is 4.51. The number of aromatic nitrogens is 2. The third-order valence-corrected chi connectivity index (χ3v) is 1.53. The molecular formula is C8H10N2O3. The predicted octanol–water partition coefficient (Wildman–Crippen LogP) is 0.685. The van der Waals surface area contributed by atoms with E-state index in [1.165, 1.54) is 25.5 Å². The highest BCUT2D eigenvalue weighted by atomic mass is 17.2. The van der Waals surface area contributed by atoms with Crippen molar-refractivity contribution in [2.75, 3.05) is 7.04 Å². The van der Waals surface area contributed by atoms with Gasteiger partial charge in [-0.05, 0) is 13.0 Å². The predicted molar refractivity (Wildman–Crippen MR) is 43.5 cm³/mol. The normalized spacial score (nSPS) is 16.5. The average Bonchev–Trinajstić information content (AvgIpc) is 2.25. The van der Waals surface area contributed by atoms with Crippen LogP contribution in [0.3, 0.4) is 0 Å². The van der Waals surface area contributed by atoms with Crippen LogP contribution in [0, 0.1) is 0 Å². The van der Waals surface area contributed by atoms with E-state index >= 15 is 0 Å². The third kappa shape index (κ3) is 2.48. The van der Waals surface area contributed by atoms with E-state index < -0.39 is 18.9 Å². The van der Waals surface area contributed by atoms with Gasteiger partial charge in [-0.25, -0.2) is 14.8 Å². The molecule has 0 radical (unpaired) electrons. The Morgan fingerprint density at radius 2 is 2.62 bits per heavy atom. The summed E-state index contributed by atoms with van der Waals surface area (Å²) in [6.07, 6.45) is 2.75. The molecule has 1 heterocycles. The summed E-state index contributed by atoms with van der Waals surface area (Å²) in [5, 5.41) is 0. The first-order valence-corrected chi connectivity index (χ1v) is 3.55. The van der Waals surface area contributed by atoms with Gasteiger partial charge >= 0.3 is 5.97 Å². The monoisotopic (exact) mass is 185 g/mol. The van der Waals surface area contributed by atoms with E-state index in [0.29, 0.717) is 5.69 Å². The van der Waals surface area contributed by atoms with Crippen molar-refractivity contribution in [1.82, 2.24) is 9.97 Å². The summed E-state index contributed by atoms with van der Waals surface area (Å²) in [5.74, 6) is -1.54. The summed E-state index contributed by atoms with van der Waals surface area (Å²) >= 11 is 0. The van der Waals surface area contributed by atoms with Crippen molar-refractivity contribution in [3.63, 3.8) is 0 Å². The molecule has 0 bridgehead atoms. The highest BCUT2D eigenvalue weighted by Gasteiger charge is 2.18. The minimum absolute atomic E-state index is 0.425. The fraction of sp³-hybridized carbons (Fsp3) is 0.375. The minimum Gasteiger partial charge on any atom is -0.298 e. The van der Waals surface area contributed by atoms with Crippen LogP contribution in [0.15, 0.2) is 18.6 Å². The minimum atomic E-state index is -2.76. The van der Waals surface area contributed by atoms with Crippen LogP contribution in [-0.4, -0.2) is 23.0 Å². The molecule has 0 spiro atoms. The Kier molecular flexibility index (Phi) is 2.10. The fourth-order valence-electron chi connectivity index (χ4n) is 0.791. The van der Waals surface area contributed by atoms with Gasteiger partial charge in [0.25, 0.3) is 0 Å². The van der Waals surface area contributed by atoms with Gasteiger partial charge in [0.15, 0.2) is 0 Å². The standard InChI is InChI=1S/C8H10N2O3/c1-6(8(11)13-12-2)7-3-4-9-5-10-7/h3-6H,1-2H3/i2D3. The van der Waals surface area contributed by atoms with Crippen molar-refractivity contribution in [3.8, 4) is 0 Å². The van der Waals surface area contributed by atoms with Crippen molar-refractivity contribution >= 4 is 5.97 Å². The van der Waals surface area contributed by atoms with Crippen LogP contribution in [0.2, 0.25) is 0 Å². The van der Waals surface area contributed by atoms with E-state index in [1.54, 1.807) is 0 Å². The Morgan fingerprint density at radius 1 is 1.77 bits per heavy atom. The van der Waals surface area contributed by atoms with Crippen LogP contribution in [0.4, 0.5) is 0 Å². The summed E-state index contributed by atoms with van der Waals surface area (Å²) < 4.78 is 20.0.